The topological polar surface area (TPSA) is 62.3 Å². The van der Waals surface area contributed by atoms with Crippen LogP contribution in [0.5, 0.6) is 5.75 Å². The molecule has 1 heterocycles. The number of hydrogen-bond donors (Lipinski definition) is 2. The largest absolute Gasteiger partial charge is 0.459 e. The molecule has 3 N–H and O–H groups in total. The van der Waals surface area contributed by atoms with Gasteiger partial charge in [-0.1, -0.05) is 30.3 Å². The minimum Gasteiger partial charge on any atom is -0.459 e. The van der Waals surface area contributed by atoms with Gasteiger partial charge in [0, 0.05) is 12.4 Å². The van der Waals surface area contributed by atoms with Crippen LogP contribution in [0.1, 0.15) is 5.56 Å². The first kappa shape index (κ1) is 11.6. The number of hydrogen-bond acceptors (Lipinski definition) is 2. The average Bonchev–Trinajstić information content (AvgIpc) is 2.39. The highest BCUT2D eigenvalue weighted by atomic mass is 16.5. The fraction of sp³-hybridized carbons (Fsp3) is 0.133. The van der Waals surface area contributed by atoms with Gasteiger partial charge in [-0.25, -0.2) is 0 Å². The molecular formula is C15H15N3O. The van der Waals surface area contributed by atoms with Crippen LogP contribution in [0, 0.1) is 5.41 Å². The molecule has 0 amide bonds. The van der Waals surface area contributed by atoms with Gasteiger partial charge < -0.3 is 15.4 Å². The van der Waals surface area contributed by atoms with Gasteiger partial charge in [-0.05, 0) is 23.1 Å². The number of ether oxygens (including phenoxy) is 1. The van der Waals surface area contributed by atoms with Gasteiger partial charge in [-0.15, -0.1) is 0 Å². The predicted octanol–water partition coefficient (Wildman–Crippen LogP) is 2.40. The monoisotopic (exact) mass is 253 g/mol. The minimum atomic E-state index is 0.0292. The molecule has 19 heavy (non-hydrogen) atoms. The Balaban J connectivity index is 2.03. The molecule has 0 unspecified atom stereocenters. The molecular weight excluding hydrogens is 238 g/mol. The molecule has 2 aromatic rings. The molecule has 1 aliphatic rings. The summed E-state index contributed by atoms with van der Waals surface area (Å²) in [4.78, 5) is 1.64. The molecule has 0 aromatic heterocycles. The van der Waals surface area contributed by atoms with E-state index in [9.17, 15) is 0 Å². The molecule has 96 valence electrons. The second kappa shape index (κ2) is 4.31. The van der Waals surface area contributed by atoms with E-state index in [0.717, 1.165) is 22.5 Å². The highest BCUT2D eigenvalue weighted by Gasteiger charge is 2.16. The van der Waals surface area contributed by atoms with Crippen molar-refractivity contribution in [3.05, 3.63) is 47.7 Å². The highest BCUT2D eigenvalue weighted by molar-refractivity contribution is 5.97. The van der Waals surface area contributed by atoms with Crippen LogP contribution in [0.2, 0.25) is 0 Å². The molecule has 4 heteroatoms. The van der Waals surface area contributed by atoms with E-state index < -0.39 is 0 Å². The number of benzene rings is 2. The second-order valence-electron chi connectivity index (χ2n) is 4.66. The third kappa shape index (κ3) is 2.01. The molecule has 0 radical (unpaired) electrons. The van der Waals surface area contributed by atoms with Gasteiger partial charge in [0.15, 0.2) is 5.96 Å². The van der Waals surface area contributed by atoms with Crippen LogP contribution in [-0.2, 0) is 0 Å². The van der Waals surface area contributed by atoms with Crippen molar-refractivity contribution in [2.24, 2.45) is 5.73 Å². The van der Waals surface area contributed by atoms with Crippen LogP contribution in [-0.4, -0.2) is 24.5 Å². The standard InChI is InChI=1S/C15H15N3O/c1-18(15(16)17)9-12-8-11-6-2-4-10-5-3-7-13(19-12)14(10)11/h2-8H,9H2,1H3,(H3,16,17). The summed E-state index contributed by atoms with van der Waals surface area (Å²) in [5, 5.41) is 9.71. The Bertz CT molecular complexity index is 686. The van der Waals surface area contributed by atoms with Crippen LogP contribution < -0.4 is 10.5 Å². The van der Waals surface area contributed by atoms with Crippen molar-refractivity contribution >= 4 is 22.8 Å². The third-order valence-corrected chi connectivity index (χ3v) is 3.26. The van der Waals surface area contributed by atoms with Crippen LogP contribution >= 0.6 is 0 Å². The van der Waals surface area contributed by atoms with Crippen molar-refractivity contribution in [2.45, 2.75) is 0 Å². The zero-order chi connectivity index (χ0) is 13.4. The summed E-state index contributed by atoms with van der Waals surface area (Å²) < 4.78 is 5.89. The maximum Gasteiger partial charge on any atom is 0.188 e. The summed E-state index contributed by atoms with van der Waals surface area (Å²) in [5.74, 6) is 1.69. The fourth-order valence-electron chi connectivity index (χ4n) is 2.28. The van der Waals surface area contributed by atoms with Gasteiger partial charge in [0.25, 0.3) is 0 Å². The first-order chi connectivity index (χ1) is 9.15. The Morgan fingerprint density at radius 3 is 2.74 bits per heavy atom. The van der Waals surface area contributed by atoms with E-state index >= 15 is 0 Å². The van der Waals surface area contributed by atoms with E-state index in [2.05, 4.69) is 18.2 Å². The Kier molecular flexibility index (Phi) is 2.63. The van der Waals surface area contributed by atoms with Crippen molar-refractivity contribution in [3.8, 4) is 5.75 Å². The summed E-state index contributed by atoms with van der Waals surface area (Å²) in [5.41, 5.74) is 6.60. The number of guanidine groups is 1. The van der Waals surface area contributed by atoms with Gasteiger partial charge in [0.2, 0.25) is 0 Å². The molecule has 0 bridgehead atoms. The number of likely N-dealkylation sites (N-methyl/N-ethyl adjacent to an activating group) is 1. The SMILES string of the molecule is CN(CC1=Cc2cccc3cccc(c23)O1)C(=N)N. The normalized spacial score (nSPS) is 12.8. The molecule has 4 nitrogen and oxygen atoms in total. The summed E-state index contributed by atoms with van der Waals surface area (Å²) in [6.45, 7) is 0.486. The maximum absolute atomic E-state index is 7.40. The molecule has 0 saturated heterocycles. The summed E-state index contributed by atoms with van der Waals surface area (Å²) in [7, 11) is 1.77. The molecule has 0 fully saturated rings. The Morgan fingerprint density at radius 2 is 2.00 bits per heavy atom. The van der Waals surface area contributed by atoms with Crippen LogP contribution in [0.15, 0.2) is 42.2 Å². The van der Waals surface area contributed by atoms with Gasteiger partial charge in [-0.2, -0.15) is 0 Å². The van der Waals surface area contributed by atoms with Crippen molar-refractivity contribution in [1.29, 1.82) is 5.41 Å². The number of nitrogens with zero attached hydrogens (tertiary/aromatic N) is 1. The highest BCUT2D eigenvalue weighted by Crippen LogP contribution is 2.35. The average molecular weight is 253 g/mol. The molecule has 0 saturated carbocycles. The quantitative estimate of drug-likeness (QED) is 0.638. The number of nitrogens with one attached hydrogen (secondary N) is 1. The smallest absolute Gasteiger partial charge is 0.188 e. The lowest BCUT2D eigenvalue weighted by Crippen LogP contribution is -2.35. The number of rotatable bonds is 2. The molecule has 3 rings (SSSR count). The molecule has 1 aliphatic heterocycles. The van der Waals surface area contributed by atoms with Gasteiger partial charge in [-0.3, -0.25) is 5.41 Å². The van der Waals surface area contributed by atoms with Gasteiger partial charge >= 0.3 is 0 Å². The van der Waals surface area contributed by atoms with Crippen molar-refractivity contribution in [2.75, 3.05) is 13.6 Å². The van der Waals surface area contributed by atoms with E-state index in [1.165, 1.54) is 5.39 Å². The molecule has 0 atom stereocenters. The van der Waals surface area contributed by atoms with Crippen LogP contribution in [0.3, 0.4) is 0 Å². The second-order valence-corrected chi connectivity index (χ2v) is 4.66. The van der Waals surface area contributed by atoms with Gasteiger partial charge in [0.05, 0.1) is 6.54 Å². The number of nitrogens with two attached hydrogens (primary N) is 1. The lowest BCUT2D eigenvalue weighted by Gasteiger charge is -2.23. The Morgan fingerprint density at radius 1 is 1.26 bits per heavy atom. The van der Waals surface area contributed by atoms with E-state index in [1.807, 2.05) is 24.3 Å². The fourth-order valence-corrected chi connectivity index (χ4v) is 2.28. The van der Waals surface area contributed by atoms with E-state index in [0.29, 0.717) is 6.54 Å². The van der Waals surface area contributed by atoms with E-state index in [1.54, 1.807) is 11.9 Å². The lowest BCUT2D eigenvalue weighted by molar-refractivity contribution is 0.372. The first-order valence-electron chi connectivity index (χ1n) is 6.10. The van der Waals surface area contributed by atoms with Crippen LogP contribution in [0.25, 0.3) is 16.8 Å². The molecule has 0 spiro atoms. The summed E-state index contributed by atoms with van der Waals surface area (Å²) in [6.07, 6.45) is 2.01. The molecule has 2 aromatic carbocycles. The van der Waals surface area contributed by atoms with Crippen molar-refractivity contribution < 1.29 is 4.74 Å². The lowest BCUT2D eigenvalue weighted by atomic mass is 10.0. The van der Waals surface area contributed by atoms with E-state index in [4.69, 9.17) is 15.9 Å². The Labute approximate surface area is 111 Å². The summed E-state index contributed by atoms with van der Waals surface area (Å²) >= 11 is 0. The van der Waals surface area contributed by atoms with Crippen molar-refractivity contribution in [3.63, 3.8) is 0 Å². The first-order valence-corrected chi connectivity index (χ1v) is 6.10. The zero-order valence-electron chi connectivity index (χ0n) is 10.7. The van der Waals surface area contributed by atoms with Crippen molar-refractivity contribution in [1.82, 2.24) is 4.90 Å². The maximum atomic E-state index is 7.40. The van der Waals surface area contributed by atoms with Crippen LogP contribution in [0.4, 0.5) is 0 Å². The zero-order valence-corrected chi connectivity index (χ0v) is 10.7. The minimum absolute atomic E-state index is 0.0292. The Hall–Kier alpha value is -2.49. The predicted molar refractivity (Wildman–Crippen MR) is 77.1 cm³/mol. The third-order valence-electron chi connectivity index (χ3n) is 3.26. The summed E-state index contributed by atoms with van der Waals surface area (Å²) in [6, 6.07) is 12.2. The van der Waals surface area contributed by atoms with E-state index in [-0.39, 0.29) is 5.96 Å². The van der Waals surface area contributed by atoms with Gasteiger partial charge in [0.1, 0.15) is 11.5 Å². The molecule has 0 aliphatic carbocycles.